The van der Waals surface area contributed by atoms with E-state index in [0.29, 0.717) is 49.0 Å². The standard InChI is InChI=1S/C29H46O5/c1-18(17-34-20(3)30)7-6-8-19(2)23-9-10-24-22-15-26(32)29(33)16-21(31)11-14-28(29,5)25(22)12-13-27(23,24)4/h7,19,21-25,31,33H,6,8-17H2,1-5H3/t19-,21+,22+,23-,24+,25+,27-,28-,29+/m1/s1. The molecule has 4 aliphatic carbocycles. The van der Waals surface area contributed by atoms with Crippen LogP contribution in [0.3, 0.4) is 0 Å². The largest absolute Gasteiger partial charge is 0.461 e. The van der Waals surface area contributed by atoms with Gasteiger partial charge in [-0.25, -0.2) is 0 Å². The lowest BCUT2D eigenvalue weighted by molar-refractivity contribution is -0.213. The number of carbonyl (C=O) groups excluding carboxylic acids is 2. The van der Waals surface area contributed by atoms with E-state index in [1.54, 1.807) is 0 Å². The fourth-order valence-electron chi connectivity index (χ4n) is 9.06. The first-order valence-corrected chi connectivity index (χ1v) is 13.6. The van der Waals surface area contributed by atoms with Gasteiger partial charge in [-0.2, -0.15) is 0 Å². The van der Waals surface area contributed by atoms with Crippen LogP contribution in [0.25, 0.3) is 0 Å². The summed E-state index contributed by atoms with van der Waals surface area (Å²) in [5.41, 5.74) is -0.377. The smallest absolute Gasteiger partial charge is 0.302 e. The summed E-state index contributed by atoms with van der Waals surface area (Å²) in [5.74, 6) is 2.33. The molecule has 0 aliphatic heterocycles. The van der Waals surface area contributed by atoms with Gasteiger partial charge in [0.25, 0.3) is 0 Å². The van der Waals surface area contributed by atoms with Crippen molar-refractivity contribution < 1.29 is 24.5 Å². The molecule has 0 radical (unpaired) electrons. The Morgan fingerprint density at radius 1 is 1.15 bits per heavy atom. The maximum atomic E-state index is 13.4. The van der Waals surface area contributed by atoms with Crippen LogP contribution in [0, 0.1) is 40.4 Å². The minimum atomic E-state index is -1.35. The van der Waals surface area contributed by atoms with Gasteiger partial charge in [-0.3, -0.25) is 9.59 Å². The molecule has 4 rings (SSSR count). The molecular formula is C29H46O5. The van der Waals surface area contributed by atoms with Crippen molar-refractivity contribution in [3.8, 4) is 0 Å². The summed E-state index contributed by atoms with van der Waals surface area (Å²) in [6, 6.07) is 0. The lowest BCUT2D eigenvalue weighted by atomic mass is 9.42. The molecule has 0 saturated heterocycles. The molecule has 4 saturated carbocycles. The Balaban J connectivity index is 1.45. The highest BCUT2D eigenvalue weighted by Gasteiger charge is 2.67. The summed E-state index contributed by atoms with van der Waals surface area (Å²) in [6.07, 6.45) is 10.6. The SMILES string of the molecule is CC(=O)OCC(C)=CCC[C@@H](C)[C@H]1CC[C@H]2[C@@H]3CC(=O)[C@@]4(O)C[C@@H](O)CC[C@]4(C)[C@H]3CC[C@]12C. The van der Waals surface area contributed by atoms with Gasteiger partial charge in [-0.1, -0.05) is 26.8 Å². The zero-order valence-electron chi connectivity index (χ0n) is 21.9. The van der Waals surface area contributed by atoms with Crippen LogP contribution in [0.15, 0.2) is 11.6 Å². The van der Waals surface area contributed by atoms with Gasteiger partial charge in [-0.05, 0) is 98.9 Å². The number of rotatable bonds is 6. The van der Waals surface area contributed by atoms with Gasteiger partial charge in [0.1, 0.15) is 12.2 Å². The molecule has 5 nitrogen and oxygen atoms in total. The number of carbonyl (C=O) groups is 2. The lowest BCUT2D eigenvalue weighted by Gasteiger charge is -2.63. The van der Waals surface area contributed by atoms with E-state index >= 15 is 0 Å². The number of hydrogen-bond acceptors (Lipinski definition) is 5. The van der Waals surface area contributed by atoms with E-state index in [2.05, 4.69) is 26.8 Å². The number of hydrogen-bond donors (Lipinski definition) is 2. The van der Waals surface area contributed by atoms with Gasteiger partial charge >= 0.3 is 5.97 Å². The molecule has 0 heterocycles. The van der Waals surface area contributed by atoms with Crippen LogP contribution < -0.4 is 0 Å². The van der Waals surface area contributed by atoms with E-state index in [1.165, 1.54) is 26.2 Å². The molecule has 2 N–H and O–H groups in total. The number of esters is 1. The van der Waals surface area contributed by atoms with Crippen molar-refractivity contribution in [3.05, 3.63) is 11.6 Å². The van der Waals surface area contributed by atoms with Crippen LogP contribution in [-0.4, -0.2) is 40.3 Å². The summed E-state index contributed by atoms with van der Waals surface area (Å²) < 4.78 is 5.10. The predicted molar refractivity (Wildman–Crippen MR) is 132 cm³/mol. The fourth-order valence-corrected chi connectivity index (χ4v) is 9.06. The van der Waals surface area contributed by atoms with Crippen LogP contribution >= 0.6 is 0 Å². The average Bonchev–Trinajstić information content (AvgIpc) is 3.12. The Morgan fingerprint density at radius 3 is 2.59 bits per heavy atom. The summed E-state index contributed by atoms with van der Waals surface area (Å²) >= 11 is 0. The van der Waals surface area contributed by atoms with E-state index in [9.17, 15) is 19.8 Å². The second kappa shape index (κ2) is 9.35. The molecule has 4 fully saturated rings. The minimum Gasteiger partial charge on any atom is -0.461 e. The molecule has 0 unspecified atom stereocenters. The first-order valence-electron chi connectivity index (χ1n) is 13.6. The van der Waals surface area contributed by atoms with Crippen molar-refractivity contribution in [2.75, 3.05) is 6.61 Å². The Kier molecular flexibility index (Phi) is 7.12. The second-order valence-corrected chi connectivity index (χ2v) is 12.8. The topological polar surface area (TPSA) is 83.8 Å². The van der Waals surface area contributed by atoms with Crippen molar-refractivity contribution in [3.63, 3.8) is 0 Å². The first kappa shape index (κ1) is 25.9. The van der Waals surface area contributed by atoms with Crippen molar-refractivity contribution in [1.29, 1.82) is 0 Å². The molecular weight excluding hydrogens is 428 g/mol. The Labute approximate surface area is 205 Å². The number of ketones is 1. The molecule has 0 aromatic heterocycles. The Morgan fingerprint density at radius 2 is 1.88 bits per heavy atom. The van der Waals surface area contributed by atoms with Gasteiger partial charge in [0.2, 0.25) is 0 Å². The zero-order chi connectivity index (χ0) is 24.9. The molecule has 5 heteroatoms. The van der Waals surface area contributed by atoms with E-state index in [4.69, 9.17) is 4.74 Å². The van der Waals surface area contributed by atoms with E-state index in [0.717, 1.165) is 31.3 Å². The number of fused-ring (bicyclic) bond motifs is 5. The molecule has 0 aromatic rings. The highest BCUT2D eigenvalue weighted by molar-refractivity contribution is 5.89. The molecule has 34 heavy (non-hydrogen) atoms. The molecule has 0 amide bonds. The summed E-state index contributed by atoms with van der Waals surface area (Å²) in [4.78, 5) is 24.4. The predicted octanol–water partition coefficient (Wildman–Crippen LogP) is 5.23. The third-order valence-electron chi connectivity index (χ3n) is 11.0. The monoisotopic (exact) mass is 474 g/mol. The van der Waals surface area contributed by atoms with Crippen molar-refractivity contribution in [2.24, 2.45) is 40.4 Å². The van der Waals surface area contributed by atoms with Gasteiger partial charge in [0.05, 0.1) is 6.10 Å². The zero-order valence-corrected chi connectivity index (χ0v) is 21.9. The highest BCUT2D eigenvalue weighted by Crippen LogP contribution is 2.68. The quantitative estimate of drug-likeness (QED) is 0.407. The summed E-state index contributed by atoms with van der Waals surface area (Å²) in [6.45, 7) is 10.9. The van der Waals surface area contributed by atoms with Crippen LogP contribution in [0.5, 0.6) is 0 Å². The van der Waals surface area contributed by atoms with Crippen LogP contribution in [0.4, 0.5) is 0 Å². The molecule has 0 spiro atoms. The normalized spacial score (nSPS) is 45.2. The van der Waals surface area contributed by atoms with Crippen LogP contribution in [-0.2, 0) is 14.3 Å². The summed E-state index contributed by atoms with van der Waals surface area (Å²) in [7, 11) is 0. The number of allylic oxidation sites excluding steroid dienone is 1. The van der Waals surface area contributed by atoms with Gasteiger partial charge in [0, 0.05) is 25.2 Å². The maximum absolute atomic E-state index is 13.4. The molecule has 0 aromatic carbocycles. The third-order valence-corrected chi connectivity index (χ3v) is 11.0. The molecule has 0 bridgehead atoms. The van der Waals surface area contributed by atoms with Crippen molar-refractivity contribution in [2.45, 2.75) is 111 Å². The van der Waals surface area contributed by atoms with Gasteiger partial charge < -0.3 is 14.9 Å². The highest BCUT2D eigenvalue weighted by atomic mass is 16.5. The van der Waals surface area contributed by atoms with E-state index < -0.39 is 17.1 Å². The van der Waals surface area contributed by atoms with Crippen LogP contribution in [0.2, 0.25) is 0 Å². The van der Waals surface area contributed by atoms with Crippen molar-refractivity contribution in [1.82, 2.24) is 0 Å². The van der Waals surface area contributed by atoms with Gasteiger partial charge in [-0.15, -0.1) is 0 Å². The number of aliphatic hydroxyl groups is 2. The van der Waals surface area contributed by atoms with Crippen molar-refractivity contribution >= 4 is 11.8 Å². The fraction of sp³-hybridized carbons (Fsp3) is 0.862. The number of Topliss-reactive ketones (excluding diaryl/α,β-unsaturated/α-hetero) is 1. The Hall–Kier alpha value is -1.20. The number of ether oxygens (including phenoxy) is 1. The lowest BCUT2D eigenvalue weighted by Crippen LogP contribution is -2.67. The molecule has 9 atom stereocenters. The number of aliphatic hydroxyl groups excluding tert-OH is 1. The van der Waals surface area contributed by atoms with Gasteiger partial charge in [0.15, 0.2) is 5.78 Å². The average molecular weight is 475 g/mol. The van der Waals surface area contributed by atoms with E-state index in [-0.39, 0.29) is 23.6 Å². The maximum Gasteiger partial charge on any atom is 0.302 e. The van der Waals surface area contributed by atoms with Crippen LogP contribution in [0.1, 0.15) is 98.8 Å². The molecule has 192 valence electrons. The minimum absolute atomic E-state index is 0.0101. The third kappa shape index (κ3) is 4.19. The Bertz CT molecular complexity index is 834. The first-order chi connectivity index (χ1) is 15.9. The van der Waals surface area contributed by atoms with E-state index in [1.807, 2.05) is 6.92 Å². The summed E-state index contributed by atoms with van der Waals surface area (Å²) in [5, 5.41) is 21.8. The second-order valence-electron chi connectivity index (χ2n) is 12.8. The molecule has 4 aliphatic rings.